The standard InChI is InChI=1S/C16H18N2O2S/c1-3-20-15-5-4-12(11(2)19)8-13(15)10-21-16-6-7-18-9-14(16)17/h4-9H,3,10,17H2,1-2H3. The van der Waals surface area contributed by atoms with Crippen molar-refractivity contribution in [2.45, 2.75) is 24.5 Å². The molecule has 0 amide bonds. The van der Waals surface area contributed by atoms with Gasteiger partial charge in [0.05, 0.1) is 18.5 Å². The predicted octanol–water partition coefficient (Wildman–Crippen LogP) is 3.56. The van der Waals surface area contributed by atoms with Crippen LogP contribution in [0.15, 0.2) is 41.6 Å². The number of nitrogens with two attached hydrogens (primary N) is 1. The fourth-order valence-corrected chi connectivity index (χ4v) is 2.80. The lowest BCUT2D eigenvalue weighted by Crippen LogP contribution is -2.00. The monoisotopic (exact) mass is 302 g/mol. The number of nitrogen functional groups attached to an aromatic ring is 1. The van der Waals surface area contributed by atoms with Gasteiger partial charge in [-0.05, 0) is 38.1 Å². The van der Waals surface area contributed by atoms with Gasteiger partial charge in [0.25, 0.3) is 0 Å². The second kappa shape index (κ2) is 7.13. The van der Waals surface area contributed by atoms with Gasteiger partial charge < -0.3 is 10.5 Å². The molecule has 1 heterocycles. The zero-order valence-corrected chi connectivity index (χ0v) is 12.9. The molecule has 2 N–H and O–H groups in total. The minimum atomic E-state index is 0.0488. The fourth-order valence-electron chi connectivity index (χ4n) is 1.89. The maximum Gasteiger partial charge on any atom is 0.159 e. The van der Waals surface area contributed by atoms with Crippen molar-refractivity contribution in [2.24, 2.45) is 0 Å². The molecule has 0 spiro atoms. The number of ketones is 1. The number of thioether (sulfide) groups is 1. The predicted molar refractivity (Wildman–Crippen MR) is 85.8 cm³/mol. The Bertz CT molecular complexity index is 644. The topological polar surface area (TPSA) is 65.2 Å². The van der Waals surface area contributed by atoms with E-state index in [9.17, 15) is 4.79 Å². The van der Waals surface area contributed by atoms with Crippen LogP contribution in [-0.4, -0.2) is 17.4 Å². The summed E-state index contributed by atoms with van der Waals surface area (Å²) in [4.78, 5) is 16.5. The third kappa shape index (κ3) is 3.98. The first-order chi connectivity index (χ1) is 10.1. The zero-order valence-electron chi connectivity index (χ0n) is 12.1. The van der Waals surface area contributed by atoms with Crippen molar-refractivity contribution < 1.29 is 9.53 Å². The van der Waals surface area contributed by atoms with Gasteiger partial charge in [-0.15, -0.1) is 11.8 Å². The van der Waals surface area contributed by atoms with E-state index in [4.69, 9.17) is 10.5 Å². The molecule has 0 atom stereocenters. The summed E-state index contributed by atoms with van der Waals surface area (Å²) in [5.41, 5.74) is 8.23. The number of benzene rings is 1. The zero-order chi connectivity index (χ0) is 15.2. The van der Waals surface area contributed by atoms with Crippen LogP contribution in [0.3, 0.4) is 0 Å². The first kappa shape index (κ1) is 15.4. The maximum atomic E-state index is 11.5. The van der Waals surface area contributed by atoms with Crippen molar-refractivity contribution in [1.82, 2.24) is 4.98 Å². The van der Waals surface area contributed by atoms with Crippen LogP contribution in [0.5, 0.6) is 5.75 Å². The van der Waals surface area contributed by atoms with E-state index >= 15 is 0 Å². The van der Waals surface area contributed by atoms with Crippen molar-refractivity contribution in [3.63, 3.8) is 0 Å². The summed E-state index contributed by atoms with van der Waals surface area (Å²) in [5, 5.41) is 0. The van der Waals surface area contributed by atoms with Crippen LogP contribution in [0.25, 0.3) is 0 Å². The molecule has 0 unspecified atom stereocenters. The van der Waals surface area contributed by atoms with Crippen molar-refractivity contribution in [3.05, 3.63) is 47.8 Å². The van der Waals surface area contributed by atoms with E-state index in [0.29, 0.717) is 23.6 Å². The lowest BCUT2D eigenvalue weighted by Gasteiger charge is -2.12. The Hall–Kier alpha value is -2.01. The Kier molecular flexibility index (Phi) is 5.22. The van der Waals surface area contributed by atoms with Crippen LogP contribution in [0.2, 0.25) is 0 Å². The Balaban J connectivity index is 2.22. The Morgan fingerprint density at radius 3 is 2.86 bits per heavy atom. The molecule has 1 aromatic heterocycles. The van der Waals surface area contributed by atoms with Crippen LogP contribution < -0.4 is 10.5 Å². The van der Waals surface area contributed by atoms with Gasteiger partial charge in [-0.3, -0.25) is 9.78 Å². The summed E-state index contributed by atoms with van der Waals surface area (Å²) >= 11 is 1.60. The highest BCUT2D eigenvalue weighted by Gasteiger charge is 2.09. The molecule has 0 saturated carbocycles. The Labute approximate surface area is 128 Å². The number of carbonyl (C=O) groups excluding carboxylic acids is 1. The number of ether oxygens (including phenoxy) is 1. The highest BCUT2D eigenvalue weighted by molar-refractivity contribution is 7.98. The Morgan fingerprint density at radius 1 is 1.38 bits per heavy atom. The number of pyridine rings is 1. The largest absolute Gasteiger partial charge is 0.494 e. The molecule has 0 aliphatic carbocycles. The van der Waals surface area contributed by atoms with E-state index < -0.39 is 0 Å². The van der Waals surface area contributed by atoms with Gasteiger partial charge in [-0.1, -0.05) is 0 Å². The molecule has 0 bridgehead atoms. The number of hydrogen-bond acceptors (Lipinski definition) is 5. The molecular weight excluding hydrogens is 284 g/mol. The number of rotatable bonds is 6. The molecule has 2 rings (SSSR count). The van der Waals surface area contributed by atoms with E-state index in [1.807, 2.05) is 25.1 Å². The van der Waals surface area contributed by atoms with Crippen molar-refractivity contribution in [1.29, 1.82) is 0 Å². The summed E-state index contributed by atoms with van der Waals surface area (Å²) in [6.45, 7) is 4.10. The smallest absolute Gasteiger partial charge is 0.159 e. The van der Waals surface area contributed by atoms with E-state index in [2.05, 4.69) is 4.98 Å². The molecule has 5 heteroatoms. The quantitative estimate of drug-likeness (QED) is 0.653. The first-order valence-corrected chi connectivity index (χ1v) is 7.69. The fraction of sp³-hybridized carbons (Fsp3) is 0.250. The molecule has 110 valence electrons. The summed E-state index contributed by atoms with van der Waals surface area (Å²) in [6, 6.07) is 7.42. The second-order valence-electron chi connectivity index (χ2n) is 4.51. The molecule has 0 fully saturated rings. The van der Waals surface area contributed by atoms with Crippen molar-refractivity contribution in [2.75, 3.05) is 12.3 Å². The minimum absolute atomic E-state index is 0.0488. The van der Waals surface area contributed by atoms with Gasteiger partial charge in [0, 0.05) is 28.0 Å². The summed E-state index contributed by atoms with van der Waals surface area (Å²) in [7, 11) is 0. The molecule has 21 heavy (non-hydrogen) atoms. The minimum Gasteiger partial charge on any atom is -0.494 e. The van der Waals surface area contributed by atoms with E-state index in [-0.39, 0.29) is 5.78 Å². The highest BCUT2D eigenvalue weighted by atomic mass is 32.2. The van der Waals surface area contributed by atoms with Crippen molar-refractivity contribution in [3.8, 4) is 5.75 Å². The molecule has 4 nitrogen and oxygen atoms in total. The molecule has 0 aliphatic rings. The molecule has 0 aliphatic heterocycles. The average molecular weight is 302 g/mol. The van der Waals surface area contributed by atoms with Gasteiger partial charge in [0.15, 0.2) is 5.78 Å². The third-order valence-corrected chi connectivity index (χ3v) is 4.10. The van der Waals surface area contributed by atoms with Crippen LogP contribution >= 0.6 is 11.8 Å². The van der Waals surface area contributed by atoms with Gasteiger partial charge in [0.2, 0.25) is 0 Å². The van der Waals surface area contributed by atoms with Gasteiger partial charge in [-0.25, -0.2) is 0 Å². The van der Waals surface area contributed by atoms with Crippen LogP contribution in [0, 0.1) is 0 Å². The van der Waals surface area contributed by atoms with Gasteiger partial charge in [0.1, 0.15) is 5.75 Å². The number of nitrogens with zero attached hydrogens (tertiary/aromatic N) is 1. The SMILES string of the molecule is CCOc1ccc(C(C)=O)cc1CSc1ccncc1N. The third-order valence-electron chi connectivity index (χ3n) is 2.96. The summed E-state index contributed by atoms with van der Waals surface area (Å²) in [6.07, 6.45) is 3.35. The lowest BCUT2D eigenvalue weighted by molar-refractivity contribution is 0.101. The van der Waals surface area contributed by atoms with E-state index in [0.717, 1.165) is 16.2 Å². The highest BCUT2D eigenvalue weighted by Crippen LogP contribution is 2.31. The number of hydrogen-bond donors (Lipinski definition) is 1. The molecule has 1 aromatic carbocycles. The van der Waals surface area contributed by atoms with Crippen LogP contribution in [0.1, 0.15) is 29.8 Å². The number of Topliss-reactive ketones (excluding diaryl/α,β-unsaturated/α-hetero) is 1. The normalized spacial score (nSPS) is 10.4. The second-order valence-corrected chi connectivity index (χ2v) is 5.53. The number of carbonyl (C=O) groups is 1. The van der Waals surface area contributed by atoms with E-state index in [1.54, 1.807) is 37.1 Å². The molecule has 0 radical (unpaired) electrons. The van der Waals surface area contributed by atoms with Crippen LogP contribution in [0.4, 0.5) is 5.69 Å². The van der Waals surface area contributed by atoms with Crippen molar-refractivity contribution >= 4 is 23.2 Å². The number of anilines is 1. The van der Waals surface area contributed by atoms with Gasteiger partial charge in [-0.2, -0.15) is 0 Å². The molecule has 0 saturated heterocycles. The first-order valence-electron chi connectivity index (χ1n) is 6.70. The van der Waals surface area contributed by atoms with E-state index in [1.165, 1.54) is 0 Å². The molecular formula is C16H18N2O2S. The molecule has 2 aromatic rings. The lowest BCUT2D eigenvalue weighted by atomic mass is 10.1. The summed E-state index contributed by atoms with van der Waals surface area (Å²) < 4.78 is 5.62. The average Bonchev–Trinajstić information content (AvgIpc) is 2.47. The number of aromatic nitrogens is 1. The van der Waals surface area contributed by atoms with Crippen LogP contribution in [-0.2, 0) is 5.75 Å². The van der Waals surface area contributed by atoms with Gasteiger partial charge >= 0.3 is 0 Å². The summed E-state index contributed by atoms with van der Waals surface area (Å²) in [5.74, 6) is 1.54. The maximum absolute atomic E-state index is 11.5. The Morgan fingerprint density at radius 2 is 2.19 bits per heavy atom.